The van der Waals surface area contributed by atoms with Crippen LogP contribution in [0.25, 0.3) is 10.2 Å². The molecule has 1 aliphatic heterocycles. The molecule has 0 atom stereocenters. The molecule has 33 heavy (non-hydrogen) atoms. The van der Waals surface area contributed by atoms with Crippen LogP contribution in [-0.4, -0.2) is 34.1 Å². The molecule has 0 bridgehead atoms. The summed E-state index contributed by atoms with van der Waals surface area (Å²) in [4.78, 5) is 48.2. The number of para-hydroxylation sites is 1. The van der Waals surface area contributed by atoms with E-state index < -0.39 is 11.9 Å². The monoisotopic (exact) mass is 481 g/mol. The van der Waals surface area contributed by atoms with Gasteiger partial charge in [-0.15, -0.1) is 16.4 Å². The summed E-state index contributed by atoms with van der Waals surface area (Å²) in [6.45, 7) is 0. The maximum atomic E-state index is 13.0. The van der Waals surface area contributed by atoms with Gasteiger partial charge in [0.2, 0.25) is 5.95 Å². The van der Waals surface area contributed by atoms with Crippen molar-refractivity contribution in [2.45, 2.75) is 25.7 Å². The van der Waals surface area contributed by atoms with Crippen molar-refractivity contribution >= 4 is 62.0 Å². The molecule has 2 N–H and O–H groups in total. The number of amides is 1. The Kier molecular flexibility index (Phi) is 5.73. The van der Waals surface area contributed by atoms with Gasteiger partial charge in [0.25, 0.3) is 11.5 Å². The SMILES string of the molecule is COC(=O)/C=C1/S/C(=N\Nc2nc3sc4c(c3c(=O)[nH]2)CCCC4)N(c2ccccc2)C1=O. The fraction of sp³-hybridized carbons (Fsp3) is 0.227. The molecule has 11 heteroatoms. The van der Waals surface area contributed by atoms with E-state index in [0.717, 1.165) is 49.1 Å². The summed E-state index contributed by atoms with van der Waals surface area (Å²) in [5.74, 6) is -0.851. The Morgan fingerprint density at radius 1 is 1.24 bits per heavy atom. The van der Waals surface area contributed by atoms with Crippen molar-refractivity contribution in [3.63, 3.8) is 0 Å². The molecule has 0 unspecified atom stereocenters. The Hall–Kier alpha value is -3.44. The Morgan fingerprint density at radius 2 is 2.03 bits per heavy atom. The normalized spacial score (nSPS) is 18.2. The fourth-order valence-corrected chi connectivity index (χ4v) is 6.00. The minimum atomic E-state index is -0.633. The number of aromatic nitrogens is 2. The second-order valence-electron chi connectivity index (χ2n) is 7.42. The van der Waals surface area contributed by atoms with E-state index in [1.807, 2.05) is 6.07 Å². The quantitative estimate of drug-likeness (QED) is 0.333. The number of aryl methyl sites for hydroxylation is 2. The molecule has 0 saturated carbocycles. The topological polar surface area (TPSA) is 117 Å². The smallest absolute Gasteiger partial charge is 0.331 e. The van der Waals surface area contributed by atoms with Gasteiger partial charge >= 0.3 is 5.97 Å². The van der Waals surface area contributed by atoms with E-state index in [1.54, 1.807) is 35.6 Å². The van der Waals surface area contributed by atoms with Crippen LogP contribution in [0.5, 0.6) is 0 Å². The summed E-state index contributed by atoms with van der Waals surface area (Å²) in [5, 5.41) is 5.27. The number of hydrogen-bond acceptors (Lipinski definition) is 9. The number of hydrazone groups is 1. The molecule has 2 aromatic heterocycles. The number of carbonyl (C=O) groups excluding carboxylic acids is 2. The predicted molar refractivity (Wildman–Crippen MR) is 130 cm³/mol. The van der Waals surface area contributed by atoms with Crippen LogP contribution in [0.3, 0.4) is 0 Å². The average Bonchev–Trinajstić information content (AvgIpc) is 3.35. The van der Waals surface area contributed by atoms with Crippen molar-refractivity contribution in [1.29, 1.82) is 0 Å². The number of methoxy groups -OCH3 is 1. The van der Waals surface area contributed by atoms with Gasteiger partial charge in [0.1, 0.15) is 4.83 Å². The number of hydrogen-bond donors (Lipinski definition) is 2. The standard InChI is InChI=1S/C22H19N5O4S2/c1-31-16(28)11-15-20(30)27(12-7-3-2-4-8-12)22(33-15)26-25-21-23-18(29)17-13-9-5-6-10-14(13)32-19(17)24-21/h2-4,7-8,11H,5-6,9-10H2,1H3,(H2,23,24,25,29)/b15-11+,26-22-. The second-order valence-corrected chi connectivity index (χ2v) is 9.51. The lowest BCUT2D eigenvalue weighted by atomic mass is 9.97. The lowest BCUT2D eigenvalue weighted by molar-refractivity contribution is -0.135. The van der Waals surface area contributed by atoms with Gasteiger partial charge in [0.15, 0.2) is 5.17 Å². The second kappa shape index (κ2) is 8.83. The minimum Gasteiger partial charge on any atom is -0.466 e. The van der Waals surface area contributed by atoms with Crippen molar-refractivity contribution in [2.24, 2.45) is 5.10 Å². The van der Waals surface area contributed by atoms with E-state index in [2.05, 4.69) is 25.2 Å². The zero-order valence-corrected chi connectivity index (χ0v) is 19.2. The van der Waals surface area contributed by atoms with Crippen LogP contribution >= 0.6 is 23.1 Å². The molecule has 1 saturated heterocycles. The number of anilines is 2. The first-order chi connectivity index (χ1) is 16.0. The molecular formula is C22H19N5O4S2. The third kappa shape index (κ3) is 4.05. The number of ether oxygens (including phenoxy) is 1. The number of thioether (sulfide) groups is 1. The molecule has 1 fully saturated rings. The number of fused-ring (bicyclic) bond motifs is 3. The van der Waals surface area contributed by atoms with Crippen LogP contribution in [0, 0.1) is 0 Å². The van der Waals surface area contributed by atoms with E-state index in [9.17, 15) is 14.4 Å². The molecule has 0 radical (unpaired) electrons. The number of aromatic amines is 1. The van der Waals surface area contributed by atoms with Crippen LogP contribution < -0.4 is 15.9 Å². The molecule has 2 aliphatic rings. The lowest BCUT2D eigenvalue weighted by Crippen LogP contribution is -2.29. The van der Waals surface area contributed by atoms with Crippen molar-refractivity contribution < 1.29 is 14.3 Å². The summed E-state index contributed by atoms with van der Waals surface area (Å²) in [6.07, 6.45) is 5.20. The third-order valence-electron chi connectivity index (χ3n) is 5.35. The number of esters is 1. The molecule has 5 rings (SSSR count). The molecule has 168 valence electrons. The maximum Gasteiger partial charge on any atom is 0.331 e. The van der Waals surface area contributed by atoms with Gasteiger partial charge in [-0.2, -0.15) is 0 Å². The Bertz CT molecular complexity index is 1380. The summed E-state index contributed by atoms with van der Waals surface area (Å²) in [6, 6.07) is 8.95. The van der Waals surface area contributed by atoms with Gasteiger partial charge in [0.05, 0.1) is 23.1 Å². The van der Waals surface area contributed by atoms with Crippen molar-refractivity contribution in [2.75, 3.05) is 17.4 Å². The van der Waals surface area contributed by atoms with E-state index in [-0.39, 0.29) is 21.6 Å². The van der Waals surface area contributed by atoms with Crippen LogP contribution in [0.4, 0.5) is 11.6 Å². The molecule has 0 spiro atoms. The fourth-order valence-electron chi connectivity index (χ4n) is 3.84. The van der Waals surface area contributed by atoms with Crippen LogP contribution in [0.2, 0.25) is 0 Å². The van der Waals surface area contributed by atoms with Gasteiger partial charge in [-0.3, -0.25) is 19.5 Å². The van der Waals surface area contributed by atoms with Gasteiger partial charge in [-0.1, -0.05) is 18.2 Å². The van der Waals surface area contributed by atoms with Crippen LogP contribution in [0.1, 0.15) is 23.3 Å². The lowest BCUT2D eigenvalue weighted by Gasteiger charge is -2.15. The average molecular weight is 482 g/mol. The highest BCUT2D eigenvalue weighted by Crippen LogP contribution is 2.35. The number of rotatable bonds is 4. The first kappa shape index (κ1) is 21.4. The summed E-state index contributed by atoms with van der Waals surface area (Å²) in [7, 11) is 1.25. The van der Waals surface area contributed by atoms with Gasteiger partial charge < -0.3 is 4.74 Å². The van der Waals surface area contributed by atoms with Gasteiger partial charge in [-0.05, 0) is 55.1 Å². The molecule has 1 aromatic carbocycles. The Labute approximate surface area is 196 Å². The molecule has 1 aliphatic carbocycles. The van der Waals surface area contributed by atoms with Crippen molar-refractivity contribution in [3.8, 4) is 0 Å². The Morgan fingerprint density at radius 3 is 2.82 bits per heavy atom. The number of carbonyl (C=O) groups is 2. The summed E-state index contributed by atoms with van der Waals surface area (Å²) < 4.78 is 4.65. The van der Waals surface area contributed by atoms with Crippen molar-refractivity contribution in [3.05, 3.63) is 62.1 Å². The van der Waals surface area contributed by atoms with Gasteiger partial charge in [-0.25, -0.2) is 15.2 Å². The number of nitrogens with one attached hydrogen (secondary N) is 2. The number of amidine groups is 1. The number of nitrogens with zero attached hydrogens (tertiary/aromatic N) is 3. The van der Waals surface area contributed by atoms with Crippen molar-refractivity contribution in [1.82, 2.24) is 9.97 Å². The molecule has 9 nitrogen and oxygen atoms in total. The zero-order valence-electron chi connectivity index (χ0n) is 17.6. The number of benzene rings is 1. The molecule has 3 aromatic rings. The largest absolute Gasteiger partial charge is 0.466 e. The highest BCUT2D eigenvalue weighted by molar-refractivity contribution is 8.19. The zero-order chi connectivity index (χ0) is 22.9. The molecule has 3 heterocycles. The first-order valence-corrected chi connectivity index (χ1v) is 11.9. The first-order valence-electron chi connectivity index (χ1n) is 10.3. The van der Waals surface area contributed by atoms with Crippen LogP contribution in [-0.2, 0) is 27.2 Å². The number of H-pyrrole nitrogens is 1. The highest BCUT2D eigenvalue weighted by atomic mass is 32.2. The van der Waals surface area contributed by atoms with Crippen LogP contribution in [0.15, 0.2) is 51.2 Å². The molecular weight excluding hydrogens is 462 g/mol. The number of thiophene rings is 1. The molecule has 1 amide bonds. The predicted octanol–water partition coefficient (Wildman–Crippen LogP) is 3.38. The van der Waals surface area contributed by atoms with E-state index in [0.29, 0.717) is 15.9 Å². The highest BCUT2D eigenvalue weighted by Gasteiger charge is 2.35. The summed E-state index contributed by atoms with van der Waals surface area (Å²) >= 11 is 2.57. The van der Waals surface area contributed by atoms with E-state index >= 15 is 0 Å². The maximum absolute atomic E-state index is 13.0. The summed E-state index contributed by atoms with van der Waals surface area (Å²) in [5.41, 5.74) is 4.27. The van der Waals surface area contributed by atoms with Gasteiger partial charge in [0, 0.05) is 11.0 Å². The Balaban J connectivity index is 1.50. The van der Waals surface area contributed by atoms with E-state index in [4.69, 9.17) is 0 Å². The minimum absolute atomic E-state index is 0.175. The van der Waals surface area contributed by atoms with E-state index in [1.165, 1.54) is 16.9 Å². The third-order valence-corrected chi connectivity index (χ3v) is 7.51.